The normalized spacial score (nSPS) is 27.7. The minimum Gasteiger partial charge on any atom is -0.277 e. The molecule has 2 amide bonds. The highest BCUT2D eigenvalue weighted by Gasteiger charge is 2.52. The van der Waals surface area contributed by atoms with Crippen molar-refractivity contribution in [1.29, 1.82) is 0 Å². The van der Waals surface area contributed by atoms with Crippen LogP contribution in [-0.4, -0.2) is 28.2 Å². The summed E-state index contributed by atoms with van der Waals surface area (Å²) < 4.78 is 0.690. The van der Waals surface area contributed by atoms with E-state index in [-0.39, 0.29) is 11.8 Å². The molecule has 0 bridgehead atoms. The van der Waals surface area contributed by atoms with Crippen LogP contribution in [0.15, 0.2) is 12.1 Å². The van der Waals surface area contributed by atoms with Crippen molar-refractivity contribution in [2.75, 3.05) is 11.5 Å². The molecule has 1 atom stereocenters. The molecule has 96 valence electrons. The average Bonchev–Trinajstić information content (AvgIpc) is 2.99. The molecule has 1 spiro atoms. The predicted octanol–water partition coefficient (Wildman–Crippen LogP) is 2.78. The zero-order chi connectivity index (χ0) is 12.8. The second-order valence-corrected chi connectivity index (χ2v) is 7.66. The van der Waals surface area contributed by atoms with E-state index in [4.69, 9.17) is 11.6 Å². The van der Waals surface area contributed by atoms with Gasteiger partial charge in [0.05, 0.1) is 16.3 Å². The number of halogens is 1. The number of thioether (sulfide) groups is 1. The standard InChI is InChI=1S/C12H12ClNO2S2/c13-9-2-1-8(18-9)6-14-10(15)5-12(11(14)16)3-4-17-7-12/h1-2H,3-7H2/t12-/m1/s1. The molecule has 1 aromatic rings. The second kappa shape index (κ2) is 4.54. The molecule has 2 saturated heterocycles. The zero-order valence-corrected chi connectivity index (χ0v) is 12.0. The van der Waals surface area contributed by atoms with Gasteiger partial charge in [0.15, 0.2) is 0 Å². The Bertz CT molecular complexity index is 508. The summed E-state index contributed by atoms with van der Waals surface area (Å²) in [5, 5.41) is 0. The predicted molar refractivity (Wildman–Crippen MR) is 73.9 cm³/mol. The lowest BCUT2D eigenvalue weighted by molar-refractivity contribution is -0.141. The number of hydrogen-bond acceptors (Lipinski definition) is 4. The summed E-state index contributed by atoms with van der Waals surface area (Å²) in [6, 6.07) is 3.68. The quantitative estimate of drug-likeness (QED) is 0.788. The van der Waals surface area contributed by atoms with Crippen LogP contribution >= 0.6 is 34.7 Å². The van der Waals surface area contributed by atoms with Crippen molar-refractivity contribution < 1.29 is 9.59 Å². The number of carbonyl (C=O) groups is 2. The lowest BCUT2D eigenvalue weighted by Gasteiger charge is -2.19. The zero-order valence-electron chi connectivity index (χ0n) is 9.65. The molecule has 0 radical (unpaired) electrons. The summed E-state index contributed by atoms with van der Waals surface area (Å²) in [4.78, 5) is 26.8. The molecule has 3 heterocycles. The Balaban J connectivity index is 1.80. The van der Waals surface area contributed by atoms with Crippen LogP contribution in [0.4, 0.5) is 0 Å². The molecule has 0 unspecified atom stereocenters. The molecule has 6 heteroatoms. The lowest BCUT2D eigenvalue weighted by atomic mass is 9.86. The van der Waals surface area contributed by atoms with Gasteiger partial charge in [-0.15, -0.1) is 11.3 Å². The van der Waals surface area contributed by atoms with Gasteiger partial charge in [0.25, 0.3) is 0 Å². The van der Waals surface area contributed by atoms with Crippen LogP contribution in [0.1, 0.15) is 17.7 Å². The molecule has 18 heavy (non-hydrogen) atoms. The summed E-state index contributed by atoms with van der Waals surface area (Å²) in [6.07, 6.45) is 1.22. The van der Waals surface area contributed by atoms with Crippen molar-refractivity contribution in [2.45, 2.75) is 19.4 Å². The first kappa shape index (κ1) is 12.5. The van der Waals surface area contributed by atoms with E-state index in [2.05, 4.69) is 0 Å². The summed E-state index contributed by atoms with van der Waals surface area (Å²) >= 11 is 9.06. The average molecular weight is 302 g/mol. The van der Waals surface area contributed by atoms with E-state index in [1.807, 2.05) is 6.07 Å². The van der Waals surface area contributed by atoms with Gasteiger partial charge in [0.2, 0.25) is 11.8 Å². The third-order valence-corrected chi connectivity index (χ3v) is 6.00. The van der Waals surface area contributed by atoms with E-state index in [0.717, 1.165) is 22.8 Å². The van der Waals surface area contributed by atoms with Crippen molar-refractivity contribution in [2.24, 2.45) is 5.41 Å². The molecular weight excluding hydrogens is 290 g/mol. The summed E-state index contributed by atoms with van der Waals surface area (Å²) in [5.74, 6) is 1.76. The van der Waals surface area contributed by atoms with E-state index in [0.29, 0.717) is 17.3 Å². The molecule has 0 aliphatic carbocycles. The number of amides is 2. The fourth-order valence-electron chi connectivity index (χ4n) is 2.53. The van der Waals surface area contributed by atoms with Gasteiger partial charge in [-0.25, -0.2) is 0 Å². The largest absolute Gasteiger partial charge is 0.277 e. The van der Waals surface area contributed by atoms with Gasteiger partial charge < -0.3 is 0 Å². The van der Waals surface area contributed by atoms with Crippen LogP contribution in [-0.2, 0) is 16.1 Å². The summed E-state index contributed by atoms with van der Waals surface area (Å²) in [7, 11) is 0. The highest BCUT2D eigenvalue weighted by molar-refractivity contribution is 7.99. The first-order valence-electron chi connectivity index (χ1n) is 5.77. The van der Waals surface area contributed by atoms with Gasteiger partial charge in [-0.3, -0.25) is 14.5 Å². The van der Waals surface area contributed by atoms with E-state index in [9.17, 15) is 9.59 Å². The van der Waals surface area contributed by atoms with Gasteiger partial charge in [0, 0.05) is 17.1 Å². The van der Waals surface area contributed by atoms with Gasteiger partial charge in [0.1, 0.15) is 0 Å². The van der Waals surface area contributed by atoms with E-state index in [1.54, 1.807) is 17.8 Å². The Kier molecular flexibility index (Phi) is 3.16. The molecule has 3 rings (SSSR count). The molecule has 2 aliphatic rings. The van der Waals surface area contributed by atoms with E-state index < -0.39 is 5.41 Å². The van der Waals surface area contributed by atoms with Crippen LogP contribution in [0, 0.1) is 5.41 Å². The first-order chi connectivity index (χ1) is 8.61. The number of imide groups is 1. The Morgan fingerprint density at radius 3 is 2.83 bits per heavy atom. The number of hydrogen-bond donors (Lipinski definition) is 0. The van der Waals surface area contributed by atoms with Crippen LogP contribution in [0.25, 0.3) is 0 Å². The Labute approximate surface area is 118 Å². The molecule has 3 nitrogen and oxygen atoms in total. The fraction of sp³-hybridized carbons (Fsp3) is 0.500. The monoisotopic (exact) mass is 301 g/mol. The number of nitrogens with zero attached hydrogens (tertiary/aromatic N) is 1. The summed E-state index contributed by atoms with van der Waals surface area (Å²) in [5.41, 5.74) is -0.400. The third kappa shape index (κ3) is 1.98. The maximum atomic E-state index is 12.4. The van der Waals surface area contributed by atoms with Crippen molar-refractivity contribution in [1.82, 2.24) is 4.90 Å². The Morgan fingerprint density at radius 1 is 1.39 bits per heavy atom. The van der Waals surface area contributed by atoms with Gasteiger partial charge >= 0.3 is 0 Å². The number of rotatable bonds is 2. The van der Waals surface area contributed by atoms with E-state index >= 15 is 0 Å². The van der Waals surface area contributed by atoms with E-state index in [1.165, 1.54) is 16.2 Å². The van der Waals surface area contributed by atoms with Gasteiger partial charge in [-0.2, -0.15) is 11.8 Å². The maximum absolute atomic E-state index is 12.4. The highest BCUT2D eigenvalue weighted by Crippen LogP contribution is 2.45. The van der Waals surface area contributed by atoms with Crippen LogP contribution < -0.4 is 0 Å². The van der Waals surface area contributed by atoms with Gasteiger partial charge in [-0.05, 0) is 24.3 Å². The molecule has 0 saturated carbocycles. The molecule has 0 aromatic carbocycles. The first-order valence-corrected chi connectivity index (χ1v) is 8.12. The molecule has 2 aliphatic heterocycles. The highest BCUT2D eigenvalue weighted by atomic mass is 35.5. The van der Waals surface area contributed by atoms with Crippen LogP contribution in [0.5, 0.6) is 0 Å². The lowest BCUT2D eigenvalue weighted by Crippen LogP contribution is -2.35. The Hall–Kier alpha value is -0.520. The van der Waals surface area contributed by atoms with Crippen molar-refractivity contribution in [3.05, 3.63) is 21.3 Å². The maximum Gasteiger partial charge on any atom is 0.237 e. The SMILES string of the molecule is O=C1C[C@@]2(CCSC2)C(=O)N1Cc1ccc(Cl)s1. The molecule has 1 aromatic heterocycles. The molecule has 2 fully saturated rings. The minimum absolute atomic E-state index is 0.0158. The van der Waals surface area contributed by atoms with Crippen molar-refractivity contribution in [3.8, 4) is 0 Å². The molecular formula is C12H12ClNO2S2. The smallest absolute Gasteiger partial charge is 0.237 e. The second-order valence-electron chi connectivity index (χ2n) is 4.75. The number of likely N-dealkylation sites (tertiary alicyclic amines) is 1. The van der Waals surface area contributed by atoms with Crippen LogP contribution in [0.3, 0.4) is 0 Å². The third-order valence-electron chi connectivity index (χ3n) is 3.54. The number of thiophene rings is 1. The minimum atomic E-state index is -0.400. The Morgan fingerprint density at radius 2 is 2.22 bits per heavy atom. The summed E-state index contributed by atoms with van der Waals surface area (Å²) in [6.45, 7) is 0.376. The molecule has 0 N–H and O–H groups in total. The van der Waals surface area contributed by atoms with Gasteiger partial charge in [-0.1, -0.05) is 11.6 Å². The van der Waals surface area contributed by atoms with Crippen LogP contribution in [0.2, 0.25) is 4.34 Å². The topological polar surface area (TPSA) is 37.4 Å². The number of carbonyl (C=O) groups excluding carboxylic acids is 2. The fourth-order valence-corrected chi connectivity index (χ4v) is 5.04. The van der Waals surface area contributed by atoms with Crippen molar-refractivity contribution >= 4 is 46.5 Å². The van der Waals surface area contributed by atoms with Crippen molar-refractivity contribution in [3.63, 3.8) is 0 Å².